The molecule has 1 atom stereocenters. The highest BCUT2D eigenvalue weighted by Gasteiger charge is 2.55. The molecule has 4 heteroatoms. The highest BCUT2D eigenvalue weighted by molar-refractivity contribution is 7.80. The molecule has 1 aliphatic heterocycles. The van der Waals surface area contributed by atoms with E-state index in [9.17, 15) is 4.79 Å². The molecule has 1 aliphatic carbocycles. The SMILES string of the molecule is CCC1CCCN1C(=O)C1(C(N)=S)CC1. The van der Waals surface area contributed by atoms with Gasteiger partial charge in [0.25, 0.3) is 0 Å². The van der Waals surface area contributed by atoms with E-state index < -0.39 is 5.41 Å². The molecule has 84 valence electrons. The van der Waals surface area contributed by atoms with Crippen molar-refractivity contribution in [3.05, 3.63) is 0 Å². The van der Waals surface area contributed by atoms with Crippen LogP contribution in [0.2, 0.25) is 0 Å². The molecule has 2 aliphatic rings. The van der Waals surface area contributed by atoms with Gasteiger partial charge in [-0.05, 0) is 32.1 Å². The summed E-state index contributed by atoms with van der Waals surface area (Å²) in [7, 11) is 0. The van der Waals surface area contributed by atoms with Crippen LogP contribution in [0.5, 0.6) is 0 Å². The van der Waals surface area contributed by atoms with Gasteiger partial charge in [0.15, 0.2) is 0 Å². The molecule has 1 unspecified atom stereocenters. The van der Waals surface area contributed by atoms with Crippen LogP contribution in [0.3, 0.4) is 0 Å². The third kappa shape index (κ3) is 1.65. The van der Waals surface area contributed by atoms with Crippen LogP contribution in [-0.2, 0) is 4.79 Å². The quantitative estimate of drug-likeness (QED) is 0.741. The Balaban J connectivity index is 2.11. The van der Waals surface area contributed by atoms with E-state index in [-0.39, 0.29) is 5.91 Å². The average Bonchev–Trinajstić information content (AvgIpc) is 2.89. The van der Waals surface area contributed by atoms with Gasteiger partial charge in [-0.3, -0.25) is 4.79 Å². The van der Waals surface area contributed by atoms with E-state index in [0.29, 0.717) is 11.0 Å². The normalized spacial score (nSPS) is 27.8. The van der Waals surface area contributed by atoms with Crippen LogP contribution in [0.1, 0.15) is 39.0 Å². The molecule has 1 amide bonds. The summed E-state index contributed by atoms with van der Waals surface area (Å²) in [6.45, 7) is 3.03. The number of hydrogen-bond acceptors (Lipinski definition) is 2. The van der Waals surface area contributed by atoms with Crippen LogP contribution in [0, 0.1) is 5.41 Å². The molecular weight excluding hydrogens is 208 g/mol. The number of hydrogen-bond donors (Lipinski definition) is 1. The van der Waals surface area contributed by atoms with Gasteiger partial charge >= 0.3 is 0 Å². The maximum absolute atomic E-state index is 12.3. The van der Waals surface area contributed by atoms with Crippen molar-refractivity contribution < 1.29 is 4.79 Å². The summed E-state index contributed by atoms with van der Waals surface area (Å²) in [5.41, 5.74) is 5.22. The number of rotatable bonds is 3. The first-order valence-electron chi connectivity index (χ1n) is 5.73. The van der Waals surface area contributed by atoms with Crippen molar-refractivity contribution in [2.45, 2.75) is 45.1 Å². The molecule has 0 radical (unpaired) electrons. The molecule has 2 rings (SSSR count). The minimum absolute atomic E-state index is 0.194. The highest BCUT2D eigenvalue weighted by atomic mass is 32.1. The average molecular weight is 226 g/mol. The fourth-order valence-electron chi connectivity index (χ4n) is 2.49. The Morgan fingerprint density at radius 1 is 1.60 bits per heavy atom. The smallest absolute Gasteiger partial charge is 0.235 e. The topological polar surface area (TPSA) is 46.3 Å². The number of carbonyl (C=O) groups excluding carboxylic acids is 1. The number of likely N-dealkylation sites (tertiary alicyclic amines) is 1. The van der Waals surface area contributed by atoms with Gasteiger partial charge in [0.2, 0.25) is 5.91 Å². The van der Waals surface area contributed by atoms with Gasteiger partial charge in [0, 0.05) is 12.6 Å². The molecular formula is C11H18N2OS. The zero-order chi connectivity index (χ0) is 11.1. The number of amides is 1. The predicted octanol–water partition coefficient (Wildman–Crippen LogP) is 1.45. The van der Waals surface area contributed by atoms with Crippen molar-refractivity contribution in [3.8, 4) is 0 Å². The van der Waals surface area contributed by atoms with Gasteiger partial charge in [-0.15, -0.1) is 0 Å². The summed E-state index contributed by atoms with van der Waals surface area (Å²) in [5.74, 6) is 0.194. The minimum Gasteiger partial charge on any atom is -0.392 e. The third-order valence-electron chi connectivity index (χ3n) is 3.74. The summed E-state index contributed by atoms with van der Waals surface area (Å²) in [6, 6.07) is 0.421. The van der Waals surface area contributed by atoms with Crippen LogP contribution in [0.25, 0.3) is 0 Å². The van der Waals surface area contributed by atoms with Gasteiger partial charge in [-0.2, -0.15) is 0 Å². The Kier molecular flexibility index (Phi) is 2.71. The Morgan fingerprint density at radius 3 is 2.73 bits per heavy atom. The lowest BCUT2D eigenvalue weighted by atomic mass is 10.0. The van der Waals surface area contributed by atoms with Crippen LogP contribution >= 0.6 is 12.2 Å². The molecule has 2 fully saturated rings. The summed E-state index contributed by atoms with van der Waals surface area (Å²) in [5, 5.41) is 0. The fourth-order valence-corrected chi connectivity index (χ4v) is 2.78. The Morgan fingerprint density at radius 2 is 2.27 bits per heavy atom. The van der Waals surface area contributed by atoms with Crippen molar-refractivity contribution in [2.24, 2.45) is 11.1 Å². The maximum atomic E-state index is 12.3. The van der Waals surface area contributed by atoms with Gasteiger partial charge < -0.3 is 10.6 Å². The standard InChI is InChI=1S/C11H18N2OS/c1-2-8-4-3-7-13(8)10(14)11(5-6-11)9(12)15/h8H,2-7H2,1H3,(H2,12,15). The molecule has 15 heavy (non-hydrogen) atoms. The summed E-state index contributed by atoms with van der Waals surface area (Å²) >= 11 is 5.01. The van der Waals surface area contributed by atoms with Crippen molar-refractivity contribution in [2.75, 3.05) is 6.54 Å². The summed E-state index contributed by atoms with van der Waals surface area (Å²) < 4.78 is 0. The zero-order valence-corrected chi connectivity index (χ0v) is 9.98. The highest BCUT2D eigenvalue weighted by Crippen LogP contribution is 2.48. The molecule has 0 aromatic carbocycles. The number of carbonyl (C=O) groups is 1. The van der Waals surface area contributed by atoms with Crippen molar-refractivity contribution >= 4 is 23.1 Å². The maximum Gasteiger partial charge on any atom is 0.235 e. The molecule has 0 spiro atoms. The number of nitrogens with zero attached hydrogens (tertiary/aromatic N) is 1. The van der Waals surface area contributed by atoms with E-state index in [4.69, 9.17) is 18.0 Å². The monoisotopic (exact) mass is 226 g/mol. The Labute approximate surface area is 96.0 Å². The third-order valence-corrected chi connectivity index (χ3v) is 4.13. The van der Waals surface area contributed by atoms with Crippen LogP contribution < -0.4 is 5.73 Å². The number of thiocarbonyl (C=S) groups is 1. The largest absolute Gasteiger partial charge is 0.392 e. The van der Waals surface area contributed by atoms with E-state index in [0.717, 1.165) is 38.6 Å². The molecule has 0 bridgehead atoms. The Bertz CT molecular complexity index is 299. The van der Waals surface area contributed by atoms with E-state index in [1.165, 1.54) is 0 Å². The van der Waals surface area contributed by atoms with E-state index >= 15 is 0 Å². The lowest BCUT2D eigenvalue weighted by Gasteiger charge is -2.27. The first kappa shape index (κ1) is 10.9. The van der Waals surface area contributed by atoms with Crippen LogP contribution in [0.15, 0.2) is 0 Å². The molecule has 1 heterocycles. The summed E-state index contributed by atoms with van der Waals surface area (Å²) in [4.78, 5) is 14.7. The van der Waals surface area contributed by atoms with E-state index in [1.54, 1.807) is 0 Å². The van der Waals surface area contributed by atoms with Gasteiger partial charge in [0.05, 0.1) is 10.4 Å². The van der Waals surface area contributed by atoms with Crippen LogP contribution in [0.4, 0.5) is 0 Å². The predicted molar refractivity (Wildman–Crippen MR) is 63.5 cm³/mol. The first-order valence-corrected chi connectivity index (χ1v) is 6.13. The van der Waals surface area contributed by atoms with E-state index in [2.05, 4.69) is 6.92 Å². The van der Waals surface area contributed by atoms with Crippen LogP contribution in [-0.4, -0.2) is 28.4 Å². The molecule has 0 aromatic rings. The molecule has 3 nitrogen and oxygen atoms in total. The second-order valence-electron chi connectivity index (χ2n) is 4.65. The second-order valence-corrected chi connectivity index (χ2v) is 5.09. The molecule has 2 N–H and O–H groups in total. The lowest BCUT2D eigenvalue weighted by Crippen LogP contribution is -2.44. The van der Waals surface area contributed by atoms with Gasteiger partial charge in [0.1, 0.15) is 0 Å². The number of nitrogens with two attached hydrogens (primary N) is 1. The molecule has 1 saturated heterocycles. The zero-order valence-electron chi connectivity index (χ0n) is 9.16. The van der Waals surface area contributed by atoms with Crippen molar-refractivity contribution in [1.29, 1.82) is 0 Å². The fraction of sp³-hybridized carbons (Fsp3) is 0.818. The minimum atomic E-state index is -0.451. The van der Waals surface area contributed by atoms with Crippen molar-refractivity contribution in [3.63, 3.8) is 0 Å². The first-order chi connectivity index (χ1) is 7.12. The molecule has 1 saturated carbocycles. The Hall–Kier alpha value is -0.640. The van der Waals surface area contributed by atoms with E-state index in [1.807, 2.05) is 4.90 Å². The van der Waals surface area contributed by atoms with Gasteiger partial charge in [-0.1, -0.05) is 19.1 Å². The van der Waals surface area contributed by atoms with Gasteiger partial charge in [-0.25, -0.2) is 0 Å². The summed E-state index contributed by atoms with van der Waals surface area (Å²) in [6.07, 6.45) is 5.01. The lowest BCUT2D eigenvalue weighted by molar-refractivity contribution is -0.135. The molecule has 0 aromatic heterocycles. The second kappa shape index (κ2) is 3.74. The van der Waals surface area contributed by atoms with Crippen molar-refractivity contribution in [1.82, 2.24) is 4.90 Å².